The van der Waals surface area contributed by atoms with Gasteiger partial charge in [0.1, 0.15) is 0 Å². The number of rotatable bonds is 6. The summed E-state index contributed by atoms with van der Waals surface area (Å²) in [5.41, 5.74) is 1.54. The molecule has 1 heterocycles. The van der Waals surface area contributed by atoms with E-state index in [9.17, 15) is 9.59 Å². The van der Waals surface area contributed by atoms with Crippen LogP contribution in [-0.2, 0) is 9.53 Å². The predicted octanol–water partition coefficient (Wildman–Crippen LogP) is 1.58. The first-order chi connectivity index (χ1) is 9.70. The monoisotopic (exact) mass is 277 g/mol. The number of amides is 3. The second-order valence-electron chi connectivity index (χ2n) is 4.43. The molecule has 2 N–H and O–H groups in total. The van der Waals surface area contributed by atoms with Crippen molar-refractivity contribution in [2.75, 3.05) is 36.5 Å². The summed E-state index contributed by atoms with van der Waals surface area (Å²) in [6.45, 7) is 4.26. The van der Waals surface area contributed by atoms with E-state index in [2.05, 4.69) is 10.6 Å². The molecule has 0 aromatic heterocycles. The second kappa shape index (κ2) is 6.91. The highest BCUT2D eigenvalue weighted by molar-refractivity contribution is 5.95. The molecular weight excluding hydrogens is 258 g/mol. The Kier molecular flexibility index (Phi) is 4.95. The van der Waals surface area contributed by atoms with Crippen molar-refractivity contribution >= 4 is 23.3 Å². The van der Waals surface area contributed by atoms with Gasteiger partial charge >= 0.3 is 6.03 Å². The summed E-state index contributed by atoms with van der Waals surface area (Å²) in [7, 11) is 0. The summed E-state index contributed by atoms with van der Waals surface area (Å²) in [5.74, 6) is -0.0786. The quantitative estimate of drug-likeness (QED) is 0.776. The van der Waals surface area contributed by atoms with Crippen molar-refractivity contribution in [2.24, 2.45) is 0 Å². The molecule has 20 heavy (non-hydrogen) atoms. The van der Waals surface area contributed by atoms with Gasteiger partial charge in [-0.15, -0.1) is 0 Å². The van der Waals surface area contributed by atoms with Gasteiger partial charge in [0.05, 0.1) is 13.0 Å². The van der Waals surface area contributed by atoms with E-state index in [1.165, 1.54) is 0 Å². The lowest BCUT2D eigenvalue weighted by Crippen LogP contribution is -2.27. The average molecular weight is 277 g/mol. The van der Waals surface area contributed by atoms with E-state index >= 15 is 0 Å². The molecule has 1 aromatic carbocycles. The first-order valence-corrected chi connectivity index (χ1v) is 6.73. The summed E-state index contributed by atoms with van der Waals surface area (Å²) in [6, 6.07) is 7.14. The van der Waals surface area contributed by atoms with Gasteiger partial charge in [-0.1, -0.05) is 0 Å². The smallest absolute Gasteiger partial charge is 0.321 e. The van der Waals surface area contributed by atoms with Gasteiger partial charge in [0.2, 0.25) is 5.91 Å². The van der Waals surface area contributed by atoms with Gasteiger partial charge in [0.25, 0.3) is 0 Å². The van der Waals surface area contributed by atoms with Crippen molar-refractivity contribution in [1.82, 2.24) is 5.32 Å². The fraction of sp³-hybridized carbons (Fsp3) is 0.429. The topological polar surface area (TPSA) is 70.7 Å². The van der Waals surface area contributed by atoms with Crippen LogP contribution in [0.1, 0.15) is 13.3 Å². The maximum Gasteiger partial charge on any atom is 0.321 e. The number of nitrogens with zero attached hydrogens (tertiary/aromatic N) is 1. The van der Waals surface area contributed by atoms with Crippen molar-refractivity contribution in [3.05, 3.63) is 24.3 Å². The van der Waals surface area contributed by atoms with Crippen molar-refractivity contribution in [2.45, 2.75) is 13.3 Å². The molecule has 3 amide bonds. The molecule has 1 saturated heterocycles. The maximum atomic E-state index is 11.6. The van der Waals surface area contributed by atoms with Crippen LogP contribution in [0.15, 0.2) is 24.3 Å². The first-order valence-electron chi connectivity index (χ1n) is 6.73. The zero-order chi connectivity index (χ0) is 14.4. The van der Waals surface area contributed by atoms with E-state index in [4.69, 9.17) is 4.74 Å². The zero-order valence-corrected chi connectivity index (χ0v) is 11.5. The molecule has 1 fully saturated rings. The molecule has 6 nitrogen and oxygen atoms in total. The zero-order valence-electron chi connectivity index (χ0n) is 11.5. The summed E-state index contributed by atoms with van der Waals surface area (Å²) in [4.78, 5) is 24.8. The van der Waals surface area contributed by atoms with Gasteiger partial charge in [0.15, 0.2) is 0 Å². The molecule has 6 heteroatoms. The lowest BCUT2D eigenvalue weighted by molar-refractivity contribution is -0.117. The number of urea groups is 1. The Hall–Kier alpha value is -2.08. The van der Waals surface area contributed by atoms with E-state index in [1.54, 1.807) is 17.0 Å². The van der Waals surface area contributed by atoms with E-state index in [-0.39, 0.29) is 11.9 Å². The maximum absolute atomic E-state index is 11.6. The van der Waals surface area contributed by atoms with E-state index < -0.39 is 0 Å². The van der Waals surface area contributed by atoms with Crippen LogP contribution in [0.25, 0.3) is 0 Å². The molecule has 0 unspecified atom stereocenters. The molecule has 0 spiro atoms. The number of ether oxygens (including phenoxy) is 1. The third kappa shape index (κ3) is 3.71. The molecular formula is C14H19N3O3. The highest BCUT2D eigenvalue weighted by Gasteiger charge is 2.20. The third-order valence-corrected chi connectivity index (χ3v) is 3.00. The third-order valence-electron chi connectivity index (χ3n) is 3.00. The van der Waals surface area contributed by atoms with Crippen molar-refractivity contribution in [3.8, 4) is 0 Å². The van der Waals surface area contributed by atoms with Gasteiger partial charge in [-0.2, -0.15) is 0 Å². The Morgan fingerprint density at radius 1 is 1.40 bits per heavy atom. The summed E-state index contributed by atoms with van der Waals surface area (Å²) in [6.07, 6.45) is 0.337. The highest BCUT2D eigenvalue weighted by atomic mass is 16.5. The Bertz CT molecular complexity index is 473. The molecule has 0 bridgehead atoms. The normalized spacial score (nSPS) is 14.2. The van der Waals surface area contributed by atoms with Gasteiger partial charge in [-0.05, 0) is 31.2 Å². The summed E-state index contributed by atoms with van der Waals surface area (Å²) >= 11 is 0. The number of carbonyl (C=O) groups excluding carboxylic acids is 2. The fourth-order valence-electron chi connectivity index (χ4n) is 1.98. The molecule has 0 atom stereocenters. The minimum absolute atomic E-state index is 0.0786. The summed E-state index contributed by atoms with van der Waals surface area (Å²) < 4.78 is 5.13. The number of nitrogens with one attached hydrogen (secondary N) is 2. The first kappa shape index (κ1) is 14.3. The van der Waals surface area contributed by atoms with Crippen molar-refractivity contribution in [1.29, 1.82) is 0 Å². The van der Waals surface area contributed by atoms with Crippen LogP contribution in [0.2, 0.25) is 0 Å². The minimum atomic E-state index is -0.0847. The van der Waals surface area contributed by atoms with E-state index in [1.807, 2.05) is 19.1 Å². The van der Waals surface area contributed by atoms with Crippen molar-refractivity contribution in [3.63, 3.8) is 0 Å². The molecule has 108 valence electrons. The molecule has 0 aliphatic carbocycles. The SMILES string of the molecule is CCOCCC(=O)Nc1ccc(N2CCNC2=O)cc1. The van der Waals surface area contributed by atoms with E-state index in [0.717, 1.165) is 11.4 Å². The second-order valence-corrected chi connectivity index (χ2v) is 4.43. The highest BCUT2D eigenvalue weighted by Crippen LogP contribution is 2.19. The van der Waals surface area contributed by atoms with Crippen LogP contribution in [0.3, 0.4) is 0 Å². The Morgan fingerprint density at radius 3 is 2.75 bits per heavy atom. The average Bonchev–Trinajstić information content (AvgIpc) is 2.86. The number of carbonyl (C=O) groups is 2. The van der Waals surface area contributed by atoms with Crippen LogP contribution in [-0.4, -0.2) is 38.2 Å². The predicted molar refractivity (Wildman–Crippen MR) is 76.9 cm³/mol. The Labute approximate surface area is 118 Å². The Balaban J connectivity index is 1.88. The standard InChI is InChI=1S/C14H19N3O3/c1-2-20-10-7-13(18)16-11-3-5-12(6-4-11)17-9-8-15-14(17)19/h3-6H,2,7-10H2,1H3,(H,15,19)(H,16,18). The molecule has 1 aromatic rings. The van der Waals surface area contributed by atoms with Gasteiger partial charge in [0, 0.05) is 31.1 Å². The lowest BCUT2D eigenvalue weighted by atomic mass is 10.2. The molecule has 0 radical (unpaired) electrons. The largest absolute Gasteiger partial charge is 0.381 e. The lowest BCUT2D eigenvalue weighted by Gasteiger charge is -2.14. The number of anilines is 2. The van der Waals surface area contributed by atoms with Crippen LogP contribution < -0.4 is 15.5 Å². The number of hydrogen-bond acceptors (Lipinski definition) is 3. The van der Waals surface area contributed by atoms with Crippen LogP contribution in [0.4, 0.5) is 16.2 Å². The molecule has 1 aliphatic rings. The van der Waals surface area contributed by atoms with E-state index in [0.29, 0.717) is 32.7 Å². The van der Waals surface area contributed by atoms with Crippen molar-refractivity contribution < 1.29 is 14.3 Å². The number of hydrogen-bond donors (Lipinski definition) is 2. The molecule has 2 rings (SSSR count). The van der Waals surface area contributed by atoms with Crippen LogP contribution in [0.5, 0.6) is 0 Å². The van der Waals surface area contributed by atoms with Gasteiger partial charge in [-0.25, -0.2) is 4.79 Å². The van der Waals surface area contributed by atoms with Gasteiger partial charge in [-0.3, -0.25) is 9.69 Å². The molecule has 0 saturated carbocycles. The Morgan fingerprint density at radius 2 is 2.15 bits per heavy atom. The summed E-state index contributed by atoms with van der Waals surface area (Å²) in [5, 5.41) is 5.54. The van der Waals surface area contributed by atoms with Crippen LogP contribution >= 0.6 is 0 Å². The fourth-order valence-corrected chi connectivity index (χ4v) is 1.98. The molecule has 1 aliphatic heterocycles. The van der Waals surface area contributed by atoms with Crippen LogP contribution in [0, 0.1) is 0 Å². The number of benzene rings is 1. The minimum Gasteiger partial charge on any atom is -0.381 e. The van der Waals surface area contributed by atoms with Gasteiger partial charge < -0.3 is 15.4 Å².